The number of carbonyl (C=O) groups excluding carboxylic acids is 2. The fourth-order valence-electron chi connectivity index (χ4n) is 1.25. The van der Waals surface area contributed by atoms with Gasteiger partial charge in [0.15, 0.2) is 0 Å². The maximum absolute atomic E-state index is 11.3. The normalized spacial score (nSPS) is 9.13. The Morgan fingerprint density at radius 3 is 2.67 bits per heavy atom. The van der Waals surface area contributed by atoms with Gasteiger partial charge in [0, 0.05) is 5.56 Å². The zero-order valence-electron chi connectivity index (χ0n) is 8.40. The van der Waals surface area contributed by atoms with E-state index in [-0.39, 0.29) is 11.1 Å². The zero-order valence-corrected chi connectivity index (χ0v) is 8.40. The van der Waals surface area contributed by atoms with Crippen LogP contribution in [0.25, 0.3) is 0 Å². The molecule has 0 fully saturated rings. The highest BCUT2D eigenvalue weighted by molar-refractivity contribution is 5.94. The maximum atomic E-state index is 11.3. The Kier molecular flexibility index (Phi) is 3.19. The number of hydrogen-bond acceptors (Lipinski definition) is 4. The number of hydrogen-bond donors (Lipinski definition) is 0. The van der Waals surface area contributed by atoms with E-state index in [0.717, 1.165) is 0 Å². The molecule has 0 aliphatic heterocycles. The highest BCUT2D eigenvalue weighted by Crippen LogP contribution is 2.16. The van der Waals surface area contributed by atoms with E-state index in [1.807, 2.05) is 6.07 Å². The smallest absolute Gasteiger partial charge is 0.338 e. The molecule has 1 rings (SSSR count). The molecule has 0 N–H and O–H groups in total. The zero-order chi connectivity index (χ0) is 11.4. The first kappa shape index (κ1) is 10.9. The fraction of sp³-hybridized carbons (Fsp3) is 0.182. The van der Waals surface area contributed by atoms with Crippen molar-refractivity contribution in [2.45, 2.75) is 6.92 Å². The number of rotatable bonds is 2. The molecule has 0 aromatic heterocycles. The Balaban J connectivity index is 3.45. The van der Waals surface area contributed by atoms with Gasteiger partial charge in [0.1, 0.15) is 6.29 Å². The molecular formula is C11H9NO3. The van der Waals surface area contributed by atoms with E-state index in [2.05, 4.69) is 4.74 Å². The Bertz CT molecular complexity index is 458. The number of ether oxygens (including phenoxy) is 1. The van der Waals surface area contributed by atoms with Gasteiger partial charge in [-0.15, -0.1) is 0 Å². The largest absolute Gasteiger partial charge is 0.465 e. The molecule has 0 saturated heterocycles. The molecule has 0 radical (unpaired) electrons. The van der Waals surface area contributed by atoms with E-state index >= 15 is 0 Å². The van der Waals surface area contributed by atoms with Crippen LogP contribution in [-0.2, 0) is 4.74 Å². The average molecular weight is 203 g/mol. The lowest BCUT2D eigenvalue weighted by Gasteiger charge is -2.06. The van der Waals surface area contributed by atoms with Crippen molar-refractivity contribution in [1.82, 2.24) is 0 Å². The minimum absolute atomic E-state index is 0.249. The Morgan fingerprint density at radius 1 is 1.53 bits per heavy atom. The van der Waals surface area contributed by atoms with Gasteiger partial charge in [-0.3, -0.25) is 4.79 Å². The van der Waals surface area contributed by atoms with Crippen LogP contribution in [0.15, 0.2) is 12.1 Å². The number of methoxy groups -OCH3 is 1. The second-order valence-electron chi connectivity index (χ2n) is 2.96. The summed E-state index contributed by atoms with van der Waals surface area (Å²) in [6, 6.07) is 4.73. The standard InChI is InChI=1S/C11H9NO3/c1-7-9(6-13)3-8(5-12)4-10(7)11(14)15-2/h3-4,6H,1-2H3. The molecule has 0 saturated carbocycles. The van der Waals surface area contributed by atoms with Crippen LogP contribution in [0.2, 0.25) is 0 Å². The fourth-order valence-corrected chi connectivity index (χ4v) is 1.25. The number of nitriles is 1. The van der Waals surface area contributed by atoms with Crippen molar-refractivity contribution >= 4 is 12.3 Å². The van der Waals surface area contributed by atoms with Gasteiger partial charge in [-0.05, 0) is 24.6 Å². The van der Waals surface area contributed by atoms with E-state index < -0.39 is 5.97 Å². The summed E-state index contributed by atoms with van der Waals surface area (Å²) in [5.74, 6) is -0.548. The first-order chi connectivity index (χ1) is 7.13. The quantitative estimate of drug-likeness (QED) is 0.539. The summed E-state index contributed by atoms with van der Waals surface area (Å²) in [4.78, 5) is 22.0. The van der Waals surface area contributed by atoms with Crippen LogP contribution < -0.4 is 0 Å². The summed E-state index contributed by atoms with van der Waals surface area (Å²) in [6.07, 6.45) is 0.614. The van der Waals surface area contributed by atoms with Gasteiger partial charge >= 0.3 is 5.97 Å². The molecule has 4 nitrogen and oxygen atoms in total. The van der Waals surface area contributed by atoms with Crippen LogP contribution in [0.3, 0.4) is 0 Å². The predicted molar refractivity (Wildman–Crippen MR) is 52.6 cm³/mol. The van der Waals surface area contributed by atoms with E-state index in [0.29, 0.717) is 17.4 Å². The van der Waals surface area contributed by atoms with Crippen LogP contribution >= 0.6 is 0 Å². The number of nitrogens with zero attached hydrogens (tertiary/aromatic N) is 1. The van der Waals surface area contributed by atoms with Crippen molar-refractivity contribution in [1.29, 1.82) is 5.26 Å². The first-order valence-electron chi connectivity index (χ1n) is 4.22. The molecule has 0 spiro atoms. The molecule has 0 aliphatic carbocycles. The van der Waals surface area contributed by atoms with Crippen molar-refractivity contribution < 1.29 is 14.3 Å². The van der Waals surface area contributed by atoms with E-state index in [1.54, 1.807) is 6.92 Å². The molecule has 4 heteroatoms. The average Bonchev–Trinajstić information content (AvgIpc) is 2.28. The predicted octanol–water partition coefficient (Wildman–Crippen LogP) is 1.47. The number of aldehydes is 1. The lowest BCUT2D eigenvalue weighted by Crippen LogP contribution is -2.06. The first-order valence-corrected chi connectivity index (χ1v) is 4.22. The molecular weight excluding hydrogens is 194 g/mol. The summed E-state index contributed by atoms with van der Waals surface area (Å²) in [6.45, 7) is 1.64. The molecule has 0 amide bonds. The second-order valence-corrected chi connectivity index (χ2v) is 2.96. The van der Waals surface area contributed by atoms with Gasteiger partial charge in [0.2, 0.25) is 0 Å². The van der Waals surface area contributed by atoms with Crippen molar-refractivity contribution in [2.75, 3.05) is 7.11 Å². The highest BCUT2D eigenvalue weighted by Gasteiger charge is 2.13. The van der Waals surface area contributed by atoms with E-state index in [9.17, 15) is 9.59 Å². The van der Waals surface area contributed by atoms with Crippen molar-refractivity contribution in [2.24, 2.45) is 0 Å². The minimum Gasteiger partial charge on any atom is -0.465 e. The van der Waals surface area contributed by atoms with E-state index in [4.69, 9.17) is 5.26 Å². The summed E-state index contributed by atoms with van der Waals surface area (Å²) >= 11 is 0. The highest BCUT2D eigenvalue weighted by atomic mass is 16.5. The van der Waals surface area contributed by atoms with Crippen LogP contribution in [0.1, 0.15) is 31.8 Å². The van der Waals surface area contributed by atoms with Gasteiger partial charge in [-0.25, -0.2) is 4.79 Å². The Hall–Kier alpha value is -2.15. The Labute approximate surface area is 87.1 Å². The third kappa shape index (κ3) is 2.02. The van der Waals surface area contributed by atoms with Crippen LogP contribution in [0.5, 0.6) is 0 Å². The third-order valence-electron chi connectivity index (χ3n) is 2.11. The van der Waals surface area contributed by atoms with Gasteiger partial charge in [-0.1, -0.05) is 0 Å². The summed E-state index contributed by atoms with van der Waals surface area (Å²) in [5.41, 5.74) is 1.37. The van der Waals surface area contributed by atoms with Crippen LogP contribution in [0.4, 0.5) is 0 Å². The van der Waals surface area contributed by atoms with Gasteiger partial charge in [0.05, 0.1) is 24.3 Å². The second kappa shape index (κ2) is 4.38. The molecule has 76 valence electrons. The number of carbonyl (C=O) groups is 2. The topological polar surface area (TPSA) is 67.2 Å². The van der Waals surface area contributed by atoms with Gasteiger partial charge in [-0.2, -0.15) is 5.26 Å². The Morgan fingerprint density at radius 2 is 2.20 bits per heavy atom. The maximum Gasteiger partial charge on any atom is 0.338 e. The van der Waals surface area contributed by atoms with Gasteiger partial charge in [0.25, 0.3) is 0 Å². The van der Waals surface area contributed by atoms with Crippen molar-refractivity contribution in [3.05, 3.63) is 34.4 Å². The van der Waals surface area contributed by atoms with Gasteiger partial charge < -0.3 is 4.74 Å². The van der Waals surface area contributed by atoms with Crippen LogP contribution in [0, 0.1) is 18.3 Å². The van der Waals surface area contributed by atoms with Crippen LogP contribution in [-0.4, -0.2) is 19.4 Å². The lowest BCUT2D eigenvalue weighted by atomic mass is 10.00. The van der Waals surface area contributed by atoms with Crippen molar-refractivity contribution in [3.63, 3.8) is 0 Å². The third-order valence-corrected chi connectivity index (χ3v) is 2.11. The summed E-state index contributed by atoms with van der Waals surface area (Å²) < 4.78 is 4.55. The molecule has 0 aliphatic rings. The SMILES string of the molecule is COC(=O)c1cc(C#N)cc(C=O)c1C. The number of esters is 1. The molecule has 0 atom stereocenters. The molecule has 0 bridgehead atoms. The molecule has 15 heavy (non-hydrogen) atoms. The minimum atomic E-state index is -0.548. The molecule has 0 unspecified atom stereocenters. The molecule has 1 aromatic carbocycles. The lowest BCUT2D eigenvalue weighted by molar-refractivity contribution is 0.0600. The number of benzene rings is 1. The monoisotopic (exact) mass is 203 g/mol. The van der Waals surface area contributed by atoms with E-state index in [1.165, 1.54) is 19.2 Å². The summed E-state index contributed by atoms with van der Waals surface area (Å²) in [7, 11) is 1.25. The van der Waals surface area contributed by atoms with Crippen molar-refractivity contribution in [3.8, 4) is 6.07 Å². The summed E-state index contributed by atoms with van der Waals surface area (Å²) in [5, 5.41) is 8.71. The molecule has 0 heterocycles. The molecule has 1 aromatic rings.